The standard InChI is InChI=1S/C23H28F2N4O4/c1-15-10-19(25)20(27-23(31)29-3-2-17(24)14-29)12-18(15)16-11-21(28-4-7-32-8-5-28)22(26-13-16)33-9-6-30/h10-13,17,30H,2-9,14H2,1H3,(H,27,31)/t17-/m0/s1. The lowest BCUT2D eigenvalue weighted by Gasteiger charge is -2.30. The number of aliphatic hydroxyl groups is 1. The number of pyridine rings is 1. The second kappa shape index (κ2) is 10.3. The summed E-state index contributed by atoms with van der Waals surface area (Å²) in [6.45, 7) is 4.55. The Morgan fingerprint density at radius 3 is 2.79 bits per heavy atom. The SMILES string of the molecule is Cc1cc(F)c(NC(=O)N2CC[C@H](F)C2)cc1-c1cnc(OCCO)c(N2CCOCC2)c1. The molecule has 1 atom stereocenters. The van der Waals surface area contributed by atoms with Crippen molar-refractivity contribution in [3.63, 3.8) is 0 Å². The fraction of sp³-hybridized carbons (Fsp3) is 0.478. The summed E-state index contributed by atoms with van der Waals surface area (Å²) in [6.07, 6.45) is 0.859. The molecule has 0 radical (unpaired) electrons. The summed E-state index contributed by atoms with van der Waals surface area (Å²) < 4.78 is 39.2. The Balaban J connectivity index is 1.64. The highest BCUT2D eigenvalue weighted by Gasteiger charge is 2.26. The van der Waals surface area contributed by atoms with Crippen molar-refractivity contribution in [2.45, 2.75) is 19.5 Å². The largest absolute Gasteiger partial charge is 0.474 e. The molecular formula is C23H28F2N4O4. The molecule has 2 amide bonds. The van der Waals surface area contributed by atoms with E-state index >= 15 is 0 Å². The van der Waals surface area contributed by atoms with E-state index in [1.165, 1.54) is 11.0 Å². The number of benzene rings is 1. The quantitative estimate of drug-likeness (QED) is 0.687. The number of nitrogens with zero attached hydrogens (tertiary/aromatic N) is 3. The Morgan fingerprint density at radius 2 is 2.09 bits per heavy atom. The van der Waals surface area contributed by atoms with Crippen LogP contribution < -0.4 is 15.0 Å². The summed E-state index contributed by atoms with van der Waals surface area (Å²) in [5, 5.41) is 11.7. The lowest BCUT2D eigenvalue weighted by Crippen LogP contribution is -2.36. The van der Waals surface area contributed by atoms with Crippen molar-refractivity contribution >= 4 is 17.4 Å². The number of urea groups is 1. The second-order valence-electron chi connectivity index (χ2n) is 8.13. The van der Waals surface area contributed by atoms with Gasteiger partial charge in [-0.15, -0.1) is 0 Å². The normalized spacial score (nSPS) is 18.5. The molecule has 1 aromatic heterocycles. The highest BCUT2D eigenvalue weighted by atomic mass is 19.1. The maximum Gasteiger partial charge on any atom is 0.322 e. The van der Waals surface area contributed by atoms with Gasteiger partial charge in [0.25, 0.3) is 0 Å². The van der Waals surface area contributed by atoms with Gasteiger partial charge in [0.15, 0.2) is 0 Å². The molecule has 4 rings (SSSR count). The van der Waals surface area contributed by atoms with Gasteiger partial charge in [-0.1, -0.05) is 0 Å². The minimum absolute atomic E-state index is 0.00824. The first kappa shape index (κ1) is 23.2. The van der Waals surface area contributed by atoms with Crippen molar-refractivity contribution in [1.82, 2.24) is 9.88 Å². The molecule has 178 valence electrons. The van der Waals surface area contributed by atoms with Crippen LogP contribution in [0.25, 0.3) is 11.1 Å². The van der Waals surface area contributed by atoms with E-state index in [2.05, 4.69) is 15.2 Å². The summed E-state index contributed by atoms with van der Waals surface area (Å²) in [5.41, 5.74) is 2.88. The Bertz CT molecular complexity index is 1000. The smallest absolute Gasteiger partial charge is 0.322 e. The number of aromatic nitrogens is 1. The molecule has 2 fully saturated rings. The van der Waals surface area contributed by atoms with Gasteiger partial charge in [-0.2, -0.15) is 0 Å². The molecule has 2 aromatic rings. The van der Waals surface area contributed by atoms with Crippen LogP contribution in [0.1, 0.15) is 12.0 Å². The van der Waals surface area contributed by atoms with Gasteiger partial charge in [-0.3, -0.25) is 0 Å². The van der Waals surface area contributed by atoms with Crippen molar-refractivity contribution in [2.24, 2.45) is 0 Å². The van der Waals surface area contributed by atoms with E-state index in [1.54, 1.807) is 19.2 Å². The van der Waals surface area contributed by atoms with E-state index in [0.717, 1.165) is 11.3 Å². The molecular weight excluding hydrogens is 434 g/mol. The summed E-state index contributed by atoms with van der Waals surface area (Å²) in [4.78, 5) is 20.3. The molecule has 2 N–H and O–H groups in total. The van der Waals surface area contributed by atoms with Crippen LogP contribution in [0, 0.1) is 12.7 Å². The van der Waals surface area contributed by atoms with Crippen LogP contribution in [-0.2, 0) is 4.74 Å². The fourth-order valence-electron chi connectivity index (χ4n) is 4.05. The van der Waals surface area contributed by atoms with Gasteiger partial charge in [-0.05, 0) is 42.7 Å². The highest BCUT2D eigenvalue weighted by Crippen LogP contribution is 2.35. The number of hydrogen-bond acceptors (Lipinski definition) is 6. The van der Waals surface area contributed by atoms with Crippen molar-refractivity contribution in [1.29, 1.82) is 0 Å². The summed E-state index contributed by atoms with van der Waals surface area (Å²) in [5.74, 6) is -0.164. The van der Waals surface area contributed by atoms with E-state index in [4.69, 9.17) is 14.6 Å². The van der Waals surface area contributed by atoms with Crippen molar-refractivity contribution < 1.29 is 28.2 Å². The average Bonchev–Trinajstić information content (AvgIpc) is 3.26. The zero-order valence-electron chi connectivity index (χ0n) is 18.5. The number of morpholine rings is 1. The first-order valence-electron chi connectivity index (χ1n) is 11.0. The summed E-state index contributed by atoms with van der Waals surface area (Å²) in [7, 11) is 0. The van der Waals surface area contributed by atoms with E-state index in [1.807, 2.05) is 6.07 Å². The number of aliphatic hydroxyl groups excluding tert-OH is 1. The second-order valence-corrected chi connectivity index (χ2v) is 8.13. The van der Waals surface area contributed by atoms with Crippen LogP contribution >= 0.6 is 0 Å². The topological polar surface area (TPSA) is 87.2 Å². The molecule has 0 saturated carbocycles. The molecule has 33 heavy (non-hydrogen) atoms. The lowest BCUT2D eigenvalue weighted by atomic mass is 10.00. The molecule has 3 heterocycles. The van der Waals surface area contributed by atoms with E-state index < -0.39 is 18.0 Å². The van der Waals surface area contributed by atoms with E-state index in [-0.39, 0.29) is 31.9 Å². The molecule has 10 heteroatoms. The molecule has 0 bridgehead atoms. The number of carbonyl (C=O) groups excluding carboxylic acids is 1. The zero-order chi connectivity index (χ0) is 23.4. The zero-order valence-corrected chi connectivity index (χ0v) is 18.5. The number of ether oxygens (including phenoxy) is 2. The third-order valence-electron chi connectivity index (χ3n) is 5.80. The number of aryl methyl sites for hydroxylation is 1. The van der Waals surface area contributed by atoms with Crippen LogP contribution in [0.15, 0.2) is 24.4 Å². The predicted octanol–water partition coefficient (Wildman–Crippen LogP) is 2.98. The van der Waals surface area contributed by atoms with E-state index in [0.29, 0.717) is 49.9 Å². The number of halogens is 2. The first-order chi connectivity index (χ1) is 16.0. The predicted molar refractivity (Wildman–Crippen MR) is 120 cm³/mol. The minimum Gasteiger partial charge on any atom is -0.474 e. The number of rotatable bonds is 6. The van der Waals surface area contributed by atoms with Gasteiger partial charge in [0.05, 0.1) is 32.1 Å². The molecule has 2 aliphatic heterocycles. The molecule has 0 aliphatic carbocycles. The molecule has 8 nitrogen and oxygen atoms in total. The van der Waals surface area contributed by atoms with Crippen molar-refractivity contribution in [2.75, 3.05) is 62.8 Å². The van der Waals surface area contributed by atoms with Crippen LogP contribution in [0.2, 0.25) is 0 Å². The van der Waals surface area contributed by atoms with Crippen molar-refractivity contribution in [3.05, 3.63) is 35.8 Å². The lowest BCUT2D eigenvalue weighted by molar-refractivity contribution is 0.122. The Morgan fingerprint density at radius 1 is 1.30 bits per heavy atom. The maximum atomic E-state index is 14.7. The van der Waals surface area contributed by atoms with Gasteiger partial charge < -0.3 is 29.7 Å². The number of amides is 2. The average molecular weight is 462 g/mol. The van der Waals surface area contributed by atoms with Gasteiger partial charge in [0, 0.05) is 31.4 Å². The summed E-state index contributed by atoms with van der Waals surface area (Å²) in [6, 6.07) is 4.31. The third kappa shape index (κ3) is 5.33. The van der Waals surface area contributed by atoms with Gasteiger partial charge >= 0.3 is 6.03 Å². The molecule has 2 aliphatic rings. The van der Waals surface area contributed by atoms with Gasteiger partial charge in [-0.25, -0.2) is 18.6 Å². The van der Waals surface area contributed by atoms with Gasteiger partial charge in [0.2, 0.25) is 5.88 Å². The molecule has 0 spiro atoms. The van der Waals surface area contributed by atoms with Gasteiger partial charge in [0.1, 0.15) is 24.3 Å². The number of carbonyl (C=O) groups is 1. The molecule has 1 aromatic carbocycles. The Hall–Kier alpha value is -2.98. The van der Waals surface area contributed by atoms with E-state index in [9.17, 15) is 13.6 Å². The minimum atomic E-state index is -1.05. The number of anilines is 2. The Labute approximate surface area is 191 Å². The summed E-state index contributed by atoms with van der Waals surface area (Å²) >= 11 is 0. The third-order valence-corrected chi connectivity index (χ3v) is 5.80. The number of alkyl halides is 1. The van der Waals surface area contributed by atoms with Crippen LogP contribution in [0.3, 0.4) is 0 Å². The fourth-order valence-corrected chi connectivity index (χ4v) is 4.05. The highest BCUT2D eigenvalue weighted by molar-refractivity contribution is 5.91. The van der Waals surface area contributed by atoms with Crippen LogP contribution in [0.4, 0.5) is 25.0 Å². The van der Waals surface area contributed by atoms with Crippen molar-refractivity contribution in [3.8, 4) is 17.0 Å². The number of likely N-dealkylation sites (tertiary alicyclic amines) is 1. The molecule has 2 saturated heterocycles. The van der Waals surface area contributed by atoms with Crippen LogP contribution in [-0.4, -0.2) is 79.8 Å². The molecule has 0 unspecified atom stereocenters. The number of hydrogen-bond donors (Lipinski definition) is 2. The number of nitrogens with one attached hydrogen (secondary N) is 1. The maximum absolute atomic E-state index is 14.7. The Kier molecular flexibility index (Phi) is 7.24. The first-order valence-corrected chi connectivity index (χ1v) is 11.0. The monoisotopic (exact) mass is 462 g/mol. The van der Waals surface area contributed by atoms with Crippen LogP contribution in [0.5, 0.6) is 5.88 Å².